The Labute approximate surface area is 139 Å². The third-order valence-electron chi connectivity index (χ3n) is 4.45. The number of aromatic amines is 1. The molecule has 2 rings (SSSR count). The highest BCUT2D eigenvalue weighted by Gasteiger charge is 2.48. The van der Waals surface area contributed by atoms with E-state index >= 15 is 0 Å². The van der Waals surface area contributed by atoms with Gasteiger partial charge in [-0.05, 0) is 52.4 Å². The van der Waals surface area contributed by atoms with Crippen LogP contribution in [0.2, 0.25) is 0 Å². The maximum Gasteiger partial charge on any atom is 0.347 e. The largest absolute Gasteiger partial charge is 0.453 e. The number of aromatic nitrogens is 2. The molecule has 1 aromatic heterocycles. The van der Waals surface area contributed by atoms with Gasteiger partial charge in [-0.25, -0.2) is 0 Å². The van der Waals surface area contributed by atoms with Gasteiger partial charge in [0.15, 0.2) is 16.8 Å². The normalized spacial score (nSPS) is 21.9. The van der Waals surface area contributed by atoms with E-state index in [9.17, 15) is 14.9 Å². The molecule has 24 heavy (non-hydrogen) atoms. The zero-order chi connectivity index (χ0) is 18.3. The Balaban J connectivity index is 2.15. The van der Waals surface area contributed by atoms with Gasteiger partial charge in [-0.1, -0.05) is 9.79 Å². The van der Waals surface area contributed by atoms with Gasteiger partial charge in [-0.15, -0.1) is 0 Å². The van der Waals surface area contributed by atoms with E-state index in [0.29, 0.717) is 12.8 Å². The Hall–Kier alpha value is -2.18. The van der Waals surface area contributed by atoms with E-state index in [-0.39, 0.29) is 16.0 Å². The van der Waals surface area contributed by atoms with Crippen LogP contribution in [0.15, 0.2) is 4.63 Å². The van der Waals surface area contributed by atoms with Gasteiger partial charge < -0.3 is 9.94 Å². The third kappa shape index (κ3) is 3.20. The van der Waals surface area contributed by atoms with Gasteiger partial charge >= 0.3 is 11.7 Å². The lowest BCUT2D eigenvalue weighted by atomic mass is 9.75. The van der Waals surface area contributed by atoms with Crippen LogP contribution in [0.25, 0.3) is 0 Å². The van der Waals surface area contributed by atoms with Gasteiger partial charge in [0.25, 0.3) is 0 Å². The average molecular weight is 339 g/mol. The van der Waals surface area contributed by atoms with Crippen LogP contribution in [0.3, 0.4) is 0 Å². The molecule has 1 aliphatic rings. The number of nitrogens with zero attached hydrogens (tertiary/aromatic N) is 3. The molecule has 1 unspecified atom stereocenters. The smallest absolute Gasteiger partial charge is 0.347 e. The summed E-state index contributed by atoms with van der Waals surface area (Å²) in [4.78, 5) is 23.8. The molecule has 0 radical (unpaired) electrons. The van der Waals surface area contributed by atoms with Gasteiger partial charge in [0.05, 0.1) is 5.92 Å². The standard InChI is InChI=1S/C15H23N4O5/c1-9(12-11(8-16)18(21)24-17-12)23-13(20)10-6-14(2,3)19(22)15(4,5)7-10/h9-10,17,22H,6-7H2,1-5H3/q+1. The zero-order valence-corrected chi connectivity index (χ0v) is 14.5. The molecule has 9 nitrogen and oxygen atoms in total. The molecule has 0 bridgehead atoms. The minimum absolute atomic E-state index is 0.0378. The van der Waals surface area contributed by atoms with Crippen LogP contribution in [0.1, 0.15) is 65.0 Å². The second-order valence-corrected chi connectivity index (χ2v) is 7.45. The second-order valence-electron chi connectivity index (χ2n) is 7.45. The van der Waals surface area contributed by atoms with Crippen molar-refractivity contribution < 1.29 is 24.0 Å². The Kier molecular flexibility index (Phi) is 4.57. The van der Waals surface area contributed by atoms with Gasteiger partial charge in [0.2, 0.25) is 5.69 Å². The third-order valence-corrected chi connectivity index (χ3v) is 4.45. The maximum absolute atomic E-state index is 12.5. The van der Waals surface area contributed by atoms with E-state index < -0.39 is 29.1 Å². The number of hydrogen-bond donors (Lipinski definition) is 2. The number of piperidine rings is 1. The van der Waals surface area contributed by atoms with Crippen molar-refractivity contribution in [3.8, 4) is 6.07 Å². The van der Waals surface area contributed by atoms with Crippen molar-refractivity contribution >= 4 is 5.97 Å². The van der Waals surface area contributed by atoms with Crippen LogP contribution in [-0.2, 0) is 9.53 Å². The molecule has 0 aromatic carbocycles. The number of hydrogen-bond acceptors (Lipinski definition) is 7. The Morgan fingerprint density at radius 3 is 2.50 bits per heavy atom. The van der Waals surface area contributed by atoms with Gasteiger partial charge in [-0.2, -0.15) is 10.3 Å². The predicted octanol–water partition coefficient (Wildman–Crippen LogP) is 1.66. The first kappa shape index (κ1) is 18.2. The Morgan fingerprint density at radius 1 is 1.46 bits per heavy atom. The summed E-state index contributed by atoms with van der Waals surface area (Å²) in [5.74, 6) is -0.842. The van der Waals surface area contributed by atoms with Crippen LogP contribution >= 0.6 is 0 Å². The highest BCUT2D eigenvalue weighted by Crippen LogP contribution is 2.40. The van der Waals surface area contributed by atoms with Crippen LogP contribution in [0.4, 0.5) is 0 Å². The van der Waals surface area contributed by atoms with Crippen LogP contribution in [0, 0.1) is 22.2 Å². The molecule has 0 saturated carbocycles. The fourth-order valence-corrected chi connectivity index (χ4v) is 3.43. The van der Waals surface area contributed by atoms with Crippen molar-refractivity contribution in [2.24, 2.45) is 5.92 Å². The van der Waals surface area contributed by atoms with E-state index in [0.717, 1.165) is 0 Å². The highest BCUT2D eigenvalue weighted by molar-refractivity contribution is 5.73. The second kappa shape index (κ2) is 6.03. The van der Waals surface area contributed by atoms with Crippen LogP contribution in [-0.4, -0.2) is 32.5 Å². The molecule has 0 aliphatic carbocycles. The summed E-state index contributed by atoms with van der Waals surface area (Å²) in [6.07, 6.45) is 0.0324. The molecule has 2 N–H and O–H groups in total. The molecule has 1 fully saturated rings. The first-order valence-electron chi connectivity index (χ1n) is 7.74. The molecular weight excluding hydrogens is 316 g/mol. The summed E-state index contributed by atoms with van der Waals surface area (Å²) in [5, 5.41) is 22.8. The fourth-order valence-electron chi connectivity index (χ4n) is 3.43. The minimum Gasteiger partial charge on any atom is -0.453 e. The number of H-pyrrole nitrogens is 1. The molecule has 1 saturated heterocycles. The fraction of sp³-hybridized carbons (Fsp3) is 0.733. The van der Waals surface area contributed by atoms with Crippen LogP contribution in [0.5, 0.6) is 0 Å². The first-order valence-corrected chi connectivity index (χ1v) is 7.74. The molecule has 2 heterocycles. The number of carbonyl (C=O) groups is 1. The van der Waals surface area contributed by atoms with E-state index in [2.05, 4.69) is 9.79 Å². The summed E-state index contributed by atoms with van der Waals surface area (Å²) in [6.45, 7) is 8.98. The van der Waals surface area contributed by atoms with Gasteiger partial charge in [0.1, 0.15) is 0 Å². The minimum atomic E-state index is -0.829. The van der Waals surface area contributed by atoms with Gasteiger partial charge in [0, 0.05) is 11.1 Å². The molecule has 0 amide bonds. The quantitative estimate of drug-likeness (QED) is 0.802. The van der Waals surface area contributed by atoms with Crippen molar-refractivity contribution in [2.75, 3.05) is 0 Å². The van der Waals surface area contributed by atoms with E-state index in [1.807, 2.05) is 27.7 Å². The van der Waals surface area contributed by atoms with Crippen molar-refractivity contribution in [3.63, 3.8) is 0 Å². The van der Waals surface area contributed by atoms with E-state index in [1.165, 1.54) is 5.06 Å². The molecule has 1 atom stereocenters. The molecule has 1 aliphatic heterocycles. The zero-order valence-electron chi connectivity index (χ0n) is 14.5. The maximum atomic E-state index is 12.5. The SMILES string of the molecule is CC(OC(=O)C1CC(C)(C)N(O)C(C)(C)C1)c1[nH]o[n+](=O)c1C#N. The van der Waals surface area contributed by atoms with Gasteiger partial charge in [-0.3, -0.25) is 4.79 Å². The van der Waals surface area contributed by atoms with Crippen molar-refractivity contribution in [1.82, 2.24) is 10.2 Å². The van der Waals surface area contributed by atoms with Crippen LogP contribution < -0.4 is 4.60 Å². The Morgan fingerprint density at radius 2 is 2.00 bits per heavy atom. The lowest BCUT2D eigenvalue weighted by molar-refractivity contribution is -0.715. The summed E-state index contributed by atoms with van der Waals surface area (Å²) < 4.78 is 9.96. The topological polar surface area (TPSA) is 125 Å². The highest BCUT2D eigenvalue weighted by atomic mass is 16.7. The summed E-state index contributed by atoms with van der Waals surface area (Å²) in [5.41, 5.74) is -1.32. The number of nitriles is 1. The van der Waals surface area contributed by atoms with E-state index in [1.54, 1.807) is 13.0 Å². The molecule has 0 spiro atoms. The lowest BCUT2D eigenvalue weighted by Gasteiger charge is -2.50. The summed E-state index contributed by atoms with van der Waals surface area (Å²) in [7, 11) is 0. The molecule has 132 valence electrons. The number of nitrogens with one attached hydrogen (secondary N) is 1. The number of esters is 1. The number of carbonyl (C=O) groups excluding carboxylic acids is 1. The lowest BCUT2D eigenvalue weighted by Crippen LogP contribution is -2.60. The molecule has 9 heteroatoms. The predicted molar refractivity (Wildman–Crippen MR) is 80.2 cm³/mol. The van der Waals surface area contributed by atoms with Crippen molar-refractivity contribution in [1.29, 1.82) is 5.26 Å². The number of ether oxygens (including phenoxy) is 1. The number of rotatable bonds is 3. The molecular formula is C15H23N4O5+. The van der Waals surface area contributed by atoms with Crippen molar-refractivity contribution in [3.05, 3.63) is 16.3 Å². The summed E-state index contributed by atoms with van der Waals surface area (Å²) >= 11 is 0. The summed E-state index contributed by atoms with van der Waals surface area (Å²) in [6, 6.07) is 1.70. The Bertz CT molecular complexity index is 709. The monoisotopic (exact) mass is 339 g/mol. The number of hydroxylamine groups is 2. The average Bonchev–Trinajstić information content (AvgIpc) is 2.84. The first-order chi connectivity index (χ1) is 11.0. The van der Waals surface area contributed by atoms with Crippen molar-refractivity contribution in [2.45, 2.75) is 64.6 Å². The van der Waals surface area contributed by atoms with E-state index in [4.69, 9.17) is 10.00 Å². The molecule has 1 aromatic rings.